The Labute approximate surface area is 160 Å². The highest BCUT2D eigenvalue weighted by molar-refractivity contribution is 5.76. The highest BCUT2D eigenvalue weighted by Gasteiger charge is 2.29. The van der Waals surface area contributed by atoms with E-state index < -0.39 is 12.8 Å². The quantitative estimate of drug-likeness (QED) is 0.702. The summed E-state index contributed by atoms with van der Waals surface area (Å²) in [6.45, 7) is -1.43. The van der Waals surface area contributed by atoms with Gasteiger partial charge in [0, 0.05) is 30.8 Å². The number of methoxy groups -OCH3 is 2. The van der Waals surface area contributed by atoms with Crippen LogP contribution >= 0.6 is 0 Å². The first-order valence-electron chi connectivity index (χ1n) is 8.43. The second kappa shape index (κ2) is 9.82. The fraction of sp³-hybridized carbons (Fsp3) is 0.368. The summed E-state index contributed by atoms with van der Waals surface area (Å²) >= 11 is 0. The molecule has 0 saturated heterocycles. The summed E-state index contributed by atoms with van der Waals surface area (Å²) in [5.41, 5.74) is 1.23. The molecule has 2 aromatic rings. The van der Waals surface area contributed by atoms with E-state index in [1.807, 2.05) is 0 Å². The molecule has 2 rings (SSSR count). The molecule has 1 aromatic carbocycles. The summed E-state index contributed by atoms with van der Waals surface area (Å²) in [5.74, 6) is 0.832. The summed E-state index contributed by atoms with van der Waals surface area (Å²) < 4.78 is 52.0. The predicted octanol–water partition coefficient (Wildman–Crippen LogP) is 3.29. The lowest BCUT2D eigenvalue weighted by Crippen LogP contribution is -2.24. The Morgan fingerprint density at radius 1 is 1.14 bits per heavy atom. The minimum absolute atomic E-state index is 0.0152. The largest absolute Gasteiger partial charge is 0.497 e. The Bertz CT molecular complexity index is 775. The van der Waals surface area contributed by atoms with E-state index in [0.29, 0.717) is 23.5 Å². The van der Waals surface area contributed by atoms with E-state index in [1.165, 1.54) is 20.4 Å². The third kappa shape index (κ3) is 6.98. The molecule has 6 nitrogen and oxygen atoms in total. The molecule has 1 heterocycles. The molecule has 0 aliphatic carbocycles. The van der Waals surface area contributed by atoms with E-state index >= 15 is 0 Å². The molecule has 1 N–H and O–H groups in total. The second-order valence-corrected chi connectivity index (χ2v) is 5.87. The van der Waals surface area contributed by atoms with Crippen LogP contribution in [0.1, 0.15) is 17.5 Å². The maximum atomic E-state index is 12.3. The zero-order valence-electron chi connectivity index (χ0n) is 15.5. The third-order valence-corrected chi connectivity index (χ3v) is 3.75. The van der Waals surface area contributed by atoms with E-state index in [2.05, 4.69) is 10.3 Å². The molecule has 0 unspecified atom stereocenters. The van der Waals surface area contributed by atoms with Crippen LogP contribution in [0, 0.1) is 0 Å². The number of aromatic nitrogens is 1. The van der Waals surface area contributed by atoms with Gasteiger partial charge in [-0.2, -0.15) is 13.2 Å². The molecule has 1 amide bonds. The van der Waals surface area contributed by atoms with Crippen LogP contribution in [0.2, 0.25) is 0 Å². The van der Waals surface area contributed by atoms with E-state index in [9.17, 15) is 18.0 Å². The number of carbonyl (C=O) groups is 1. The van der Waals surface area contributed by atoms with Gasteiger partial charge in [-0.15, -0.1) is 0 Å². The third-order valence-electron chi connectivity index (χ3n) is 3.75. The lowest BCUT2D eigenvalue weighted by molar-refractivity contribution is -0.154. The van der Waals surface area contributed by atoms with Gasteiger partial charge in [0.25, 0.3) is 0 Å². The van der Waals surface area contributed by atoms with Crippen LogP contribution in [0.4, 0.5) is 13.2 Å². The van der Waals surface area contributed by atoms with E-state index in [4.69, 9.17) is 14.2 Å². The molecule has 0 aliphatic heterocycles. The van der Waals surface area contributed by atoms with Crippen LogP contribution in [0.25, 0.3) is 0 Å². The number of hydrogen-bond acceptors (Lipinski definition) is 5. The van der Waals surface area contributed by atoms with Crippen molar-refractivity contribution in [1.82, 2.24) is 10.3 Å². The van der Waals surface area contributed by atoms with Crippen LogP contribution in [0.3, 0.4) is 0 Å². The maximum Gasteiger partial charge on any atom is 0.422 e. The smallest absolute Gasteiger partial charge is 0.422 e. The molecule has 28 heavy (non-hydrogen) atoms. The molecule has 0 fully saturated rings. The summed E-state index contributed by atoms with van der Waals surface area (Å²) in [4.78, 5) is 15.9. The van der Waals surface area contributed by atoms with Crippen LogP contribution in [0.5, 0.6) is 17.4 Å². The van der Waals surface area contributed by atoms with Crippen molar-refractivity contribution >= 4 is 5.91 Å². The van der Waals surface area contributed by atoms with Gasteiger partial charge in [0.05, 0.1) is 14.2 Å². The summed E-state index contributed by atoms with van der Waals surface area (Å²) in [6, 6.07) is 8.45. The maximum absolute atomic E-state index is 12.3. The number of halogens is 3. The molecule has 0 bridgehead atoms. The van der Waals surface area contributed by atoms with E-state index in [1.54, 1.807) is 30.3 Å². The van der Waals surface area contributed by atoms with Gasteiger partial charge in [-0.1, -0.05) is 6.07 Å². The summed E-state index contributed by atoms with van der Waals surface area (Å²) in [5, 5.41) is 2.66. The first-order chi connectivity index (χ1) is 13.3. The number of alkyl halides is 3. The van der Waals surface area contributed by atoms with Crippen molar-refractivity contribution in [3.8, 4) is 17.4 Å². The normalized spacial score (nSPS) is 11.0. The average molecular weight is 398 g/mol. The summed E-state index contributed by atoms with van der Waals surface area (Å²) in [7, 11) is 3.08. The number of rotatable bonds is 9. The van der Waals surface area contributed by atoms with Gasteiger partial charge in [-0.05, 0) is 30.2 Å². The Balaban J connectivity index is 1.89. The average Bonchev–Trinajstić information content (AvgIpc) is 2.68. The topological polar surface area (TPSA) is 69.7 Å². The SMILES string of the molecule is COc1cc(CCC(=O)NCc2cccnc2OCC(F)(F)F)cc(OC)c1. The minimum Gasteiger partial charge on any atom is -0.497 e. The van der Waals surface area contributed by atoms with Gasteiger partial charge in [0.2, 0.25) is 11.8 Å². The van der Waals surface area contributed by atoms with Crippen LogP contribution in [-0.4, -0.2) is 37.9 Å². The molecule has 152 valence electrons. The fourth-order valence-corrected chi connectivity index (χ4v) is 2.39. The Morgan fingerprint density at radius 3 is 2.43 bits per heavy atom. The number of amides is 1. The molecule has 9 heteroatoms. The van der Waals surface area contributed by atoms with Crippen molar-refractivity contribution in [2.45, 2.75) is 25.6 Å². The first kappa shape index (κ1) is 21.3. The second-order valence-electron chi connectivity index (χ2n) is 5.87. The highest BCUT2D eigenvalue weighted by atomic mass is 19.4. The molecule has 0 saturated carbocycles. The number of carbonyl (C=O) groups excluding carboxylic acids is 1. The van der Waals surface area contributed by atoms with Gasteiger partial charge in [-0.25, -0.2) is 4.98 Å². The Hall–Kier alpha value is -2.97. The van der Waals surface area contributed by atoms with Crippen molar-refractivity contribution in [1.29, 1.82) is 0 Å². The number of aryl methyl sites for hydroxylation is 1. The number of ether oxygens (including phenoxy) is 3. The number of benzene rings is 1. The zero-order chi connectivity index (χ0) is 20.6. The van der Waals surface area contributed by atoms with E-state index in [0.717, 1.165) is 5.56 Å². The highest BCUT2D eigenvalue weighted by Crippen LogP contribution is 2.23. The lowest BCUT2D eigenvalue weighted by atomic mass is 10.1. The number of nitrogens with zero attached hydrogens (tertiary/aromatic N) is 1. The minimum atomic E-state index is -4.46. The standard InChI is InChI=1S/C19H21F3N2O4/c1-26-15-8-13(9-16(10-15)27-2)5-6-17(25)24-11-14-4-3-7-23-18(14)28-12-19(20,21)22/h3-4,7-10H,5-6,11-12H2,1-2H3,(H,24,25). The van der Waals surface area contributed by atoms with Crippen molar-refractivity contribution in [2.24, 2.45) is 0 Å². The number of pyridine rings is 1. The van der Waals surface area contributed by atoms with Crippen LogP contribution in [0.15, 0.2) is 36.5 Å². The number of hydrogen-bond donors (Lipinski definition) is 1. The molecule has 0 radical (unpaired) electrons. The predicted molar refractivity (Wildman–Crippen MR) is 95.5 cm³/mol. The molecule has 0 atom stereocenters. The Morgan fingerprint density at radius 2 is 1.82 bits per heavy atom. The van der Waals surface area contributed by atoms with E-state index in [-0.39, 0.29) is 24.8 Å². The van der Waals surface area contributed by atoms with Crippen molar-refractivity contribution in [2.75, 3.05) is 20.8 Å². The van der Waals surface area contributed by atoms with Gasteiger partial charge in [0.1, 0.15) is 11.5 Å². The molecular formula is C19H21F3N2O4. The first-order valence-corrected chi connectivity index (χ1v) is 8.43. The molecular weight excluding hydrogens is 377 g/mol. The lowest BCUT2D eigenvalue weighted by Gasteiger charge is -2.12. The van der Waals surface area contributed by atoms with Gasteiger partial charge in [-0.3, -0.25) is 4.79 Å². The Kier molecular flexibility index (Phi) is 7.48. The zero-order valence-corrected chi connectivity index (χ0v) is 15.5. The molecule has 0 spiro atoms. The summed E-state index contributed by atoms with van der Waals surface area (Å²) in [6.07, 6.45) is -2.50. The van der Waals surface area contributed by atoms with Gasteiger partial charge in [0.15, 0.2) is 6.61 Å². The molecule has 0 aliphatic rings. The van der Waals surface area contributed by atoms with Crippen molar-refractivity contribution in [3.05, 3.63) is 47.7 Å². The molecule has 1 aromatic heterocycles. The van der Waals surface area contributed by atoms with Crippen molar-refractivity contribution in [3.63, 3.8) is 0 Å². The van der Waals surface area contributed by atoms with Crippen molar-refractivity contribution < 1.29 is 32.2 Å². The number of nitrogens with one attached hydrogen (secondary N) is 1. The fourth-order valence-electron chi connectivity index (χ4n) is 2.39. The monoisotopic (exact) mass is 398 g/mol. The van der Waals surface area contributed by atoms with Crippen LogP contribution in [-0.2, 0) is 17.8 Å². The van der Waals surface area contributed by atoms with Gasteiger partial charge < -0.3 is 19.5 Å². The van der Waals surface area contributed by atoms with Crippen LogP contribution < -0.4 is 19.5 Å². The van der Waals surface area contributed by atoms with Gasteiger partial charge >= 0.3 is 6.18 Å².